The van der Waals surface area contributed by atoms with Crippen LogP contribution in [0.4, 0.5) is 0 Å². The summed E-state index contributed by atoms with van der Waals surface area (Å²) in [5, 5.41) is -0.732. The molecule has 1 aromatic rings. The van der Waals surface area contributed by atoms with Crippen LogP contribution in [0.3, 0.4) is 0 Å². The van der Waals surface area contributed by atoms with Crippen LogP contribution in [0, 0.1) is 0 Å². The van der Waals surface area contributed by atoms with Crippen molar-refractivity contribution in [3.63, 3.8) is 0 Å². The van der Waals surface area contributed by atoms with E-state index >= 15 is 0 Å². The van der Waals surface area contributed by atoms with Crippen molar-refractivity contribution >= 4 is 31.5 Å². The van der Waals surface area contributed by atoms with E-state index in [1.165, 1.54) is 12.1 Å². The molecule has 0 saturated carbocycles. The number of sulfone groups is 1. The maximum Gasteiger partial charge on any atom is 0.240 e. The van der Waals surface area contributed by atoms with E-state index in [4.69, 9.17) is 11.6 Å². The number of halogens is 1. The lowest BCUT2D eigenvalue weighted by Gasteiger charge is -2.14. The molecule has 2 unspecified atom stereocenters. The summed E-state index contributed by atoms with van der Waals surface area (Å²) < 4.78 is 49.8. The fourth-order valence-corrected chi connectivity index (χ4v) is 6.31. The molecule has 1 aliphatic heterocycles. The summed E-state index contributed by atoms with van der Waals surface area (Å²) in [6.45, 7) is 2.05. The first-order chi connectivity index (χ1) is 9.73. The number of benzene rings is 1. The van der Waals surface area contributed by atoms with Gasteiger partial charge in [-0.3, -0.25) is 0 Å². The first-order valence-electron chi connectivity index (χ1n) is 6.69. The lowest BCUT2D eigenvalue weighted by atomic mass is 10.1. The average Bonchev–Trinajstić information content (AvgIpc) is 2.62. The van der Waals surface area contributed by atoms with E-state index in [1.54, 1.807) is 12.1 Å². The topological polar surface area (TPSA) is 80.3 Å². The van der Waals surface area contributed by atoms with Gasteiger partial charge in [0.1, 0.15) is 0 Å². The van der Waals surface area contributed by atoms with Crippen molar-refractivity contribution in [2.75, 3.05) is 11.5 Å². The van der Waals surface area contributed by atoms with E-state index in [2.05, 4.69) is 4.72 Å². The summed E-state index contributed by atoms with van der Waals surface area (Å²) in [7, 11) is -7.03. The van der Waals surface area contributed by atoms with Crippen LogP contribution in [0.2, 0.25) is 0 Å². The molecule has 2 rings (SSSR count). The van der Waals surface area contributed by atoms with Gasteiger partial charge in [0.25, 0.3) is 0 Å². The molecule has 0 radical (unpaired) electrons. The summed E-state index contributed by atoms with van der Waals surface area (Å²) in [5.41, 5.74) is 1.06. The van der Waals surface area contributed by atoms with Crippen LogP contribution in [0.15, 0.2) is 29.2 Å². The molecule has 1 N–H and O–H groups in total. The molecule has 21 heavy (non-hydrogen) atoms. The van der Waals surface area contributed by atoms with Crippen molar-refractivity contribution in [3.8, 4) is 0 Å². The molecular weight excluding hydrogens is 334 g/mol. The van der Waals surface area contributed by atoms with Gasteiger partial charge in [0.2, 0.25) is 10.0 Å². The van der Waals surface area contributed by atoms with Gasteiger partial charge in [0.05, 0.1) is 27.8 Å². The average molecular weight is 352 g/mol. The summed E-state index contributed by atoms with van der Waals surface area (Å²) in [6.07, 6.45) is 1.87. The predicted octanol–water partition coefficient (Wildman–Crippen LogP) is 1.32. The van der Waals surface area contributed by atoms with Gasteiger partial charge in [-0.2, -0.15) is 0 Å². The molecule has 2 atom stereocenters. The molecule has 1 fully saturated rings. The second-order valence-corrected chi connectivity index (χ2v) is 9.64. The molecule has 0 bridgehead atoms. The molecule has 0 amide bonds. The summed E-state index contributed by atoms with van der Waals surface area (Å²) in [6, 6.07) is 5.81. The van der Waals surface area contributed by atoms with Crippen LogP contribution in [0.1, 0.15) is 18.9 Å². The van der Waals surface area contributed by atoms with Crippen LogP contribution < -0.4 is 4.72 Å². The van der Waals surface area contributed by atoms with E-state index in [0.29, 0.717) is 0 Å². The number of aryl methyl sites for hydroxylation is 1. The van der Waals surface area contributed by atoms with Gasteiger partial charge in [0, 0.05) is 0 Å². The minimum atomic E-state index is -3.76. The highest BCUT2D eigenvalue weighted by Crippen LogP contribution is 2.20. The van der Waals surface area contributed by atoms with E-state index in [1.807, 2.05) is 6.92 Å². The Bertz CT molecular complexity index is 698. The predicted molar refractivity (Wildman–Crippen MR) is 82.8 cm³/mol. The normalized spacial score (nSPS) is 25.0. The molecule has 1 aromatic carbocycles. The maximum absolute atomic E-state index is 12.2. The number of alkyl halides is 1. The molecule has 1 heterocycles. The van der Waals surface area contributed by atoms with Gasteiger partial charge < -0.3 is 0 Å². The molecule has 8 heteroatoms. The molecule has 0 aliphatic carbocycles. The van der Waals surface area contributed by atoms with E-state index in [0.717, 1.165) is 18.4 Å². The number of hydrogen-bond donors (Lipinski definition) is 1. The van der Waals surface area contributed by atoms with Gasteiger partial charge in [-0.05, 0) is 24.1 Å². The zero-order chi connectivity index (χ0) is 15.7. The Morgan fingerprint density at radius 3 is 2.33 bits per heavy atom. The largest absolute Gasteiger partial charge is 0.240 e. The molecule has 5 nitrogen and oxygen atoms in total. The maximum atomic E-state index is 12.2. The van der Waals surface area contributed by atoms with Crippen molar-refractivity contribution in [2.45, 2.75) is 36.1 Å². The fourth-order valence-electron chi connectivity index (χ4n) is 2.30. The number of hydrogen-bond acceptors (Lipinski definition) is 4. The first kappa shape index (κ1) is 16.7. The molecule has 1 aliphatic rings. The van der Waals surface area contributed by atoms with Gasteiger partial charge in [-0.15, -0.1) is 11.6 Å². The lowest BCUT2D eigenvalue weighted by molar-refractivity contribution is 0.563. The van der Waals surface area contributed by atoms with E-state index in [9.17, 15) is 16.8 Å². The second-order valence-electron chi connectivity index (χ2n) is 5.21. The van der Waals surface area contributed by atoms with Crippen molar-refractivity contribution in [2.24, 2.45) is 0 Å². The van der Waals surface area contributed by atoms with Crippen LogP contribution in [0.25, 0.3) is 0 Å². The molecule has 0 aromatic heterocycles. The van der Waals surface area contributed by atoms with Gasteiger partial charge in [-0.1, -0.05) is 25.5 Å². The third-order valence-electron chi connectivity index (χ3n) is 3.36. The Labute approximate surface area is 130 Å². The van der Waals surface area contributed by atoms with Crippen LogP contribution in [-0.4, -0.2) is 39.8 Å². The zero-order valence-electron chi connectivity index (χ0n) is 11.6. The quantitative estimate of drug-likeness (QED) is 0.811. The van der Waals surface area contributed by atoms with Crippen molar-refractivity contribution in [1.29, 1.82) is 0 Å². The van der Waals surface area contributed by atoms with Crippen LogP contribution in [0.5, 0.6) is 0 Å². The standard InChI is InChI=1S/C13H18ClNO4S2/c1-2-3-10-4-6-11(7-5-10)21(18,19)15-13-9-20(16,17)8-12(13)14/h4-7,12-13,15H,2-3,8-9H2,1H3. The Kier molecular flexibility index (Phi) is 4.97. The van der Waals surface area contributed by atoms with Crippen molar-refractivity contribution in [1.82, 2.24) is 4.72 Å². The second kappa shape index (κ2) is 6.24. The zero-order valence-corrected chi connectivity index (χ0v) is 14.0. The smallest absolute Gasteiger partial charge is 0.229 e. The summed E-state index contributed by atoms with van der Waals surface area (Å²) >= 11 is 5.92. The molecular formula is C13H18ClNO4S2. The summed E-state index contributed by atoms with van der Waals surface area (Å²) in [4.78, 5) is 0.121. The Morgan fingerprint density at radius 2 is 1.86 bits per heavy atom. The molecule has 1 saturated heterocycles. The van der Waals surface area contributed by atoms with Gasteiger partial charge in [0.15, 0.2) is 9.84 Å². The van der Waals surface area contributed by atoms with Crippen LogP contribution in [-0.2, 0) is 26.3 Å². The van der Waals surface area contributed by atoms with Crippen molar-refractivity contribution in [3.05, 3.63) is 29.8 Å². The monoisotopic (exact) mass is 351 g/mol. The fraction of sp³-hybridized carbons (Fsp3) is 0.538. The Hall–Kier alpha value is -0.630. The van der Waals surface area contributed by atoms with E-state index in [-0.39, 0.29) is 16.4 Å². The highest BCUT2D eigenvalue weighted by atomic mass is 35.5. The Balaban J connectivity index is 2.15. The molecule has 118 valence electrons. The third kappa shape index (κ3) is 4.18. The lowest BCUT2D eigenvalue weighted by Crippen LogP contribution is -2.40. The minimum absolute atomic E-state index is 0.121. The first-order valence-corrected chi connectivity index (χ1v) is 10.4. The Morgan fingerprint density at radius 1 is 1.24 bits per heavy atom. The number of rotatable bonds is 5. The van der Waals surface area contributed by atoms with Gasteiger partial charge in [-0.25, -0.2) is 21.6 Å². The minimum Gasteiger partial charge on any atom is -0.229 e. The highest BCUT2D eigenvalue weighted by molar-refractivity contribution is 7.92. The highest BCUT2D eigenvalue weighted by Gasteiger charge is 2.38. The van der Waals surface area contributed by atoms with Gasteiger partial charge >= 0.3 is 0 Å². The SMILES string of the molecule is CCCc1ccc(S(=O)(=O)NC2CS(=O)(=O)CC2Cl)cc1. The van der Waals surface area contributed by atoms with Crippen molar-refractivity contribution < 1.29 is 16.8 Å². The number of nitrogens with one attached hydrogen (secondary N) is 1. The van der Waals surface area contributed by atoms with E-state index < -0.39 is 31.3 Å². The number of sulfonamides is 1. The summed E-state index contributed by atoms with van der Waals surface area (Å²) in [5.74, 6) is -0.453. The molecule has 0 spiro atoms. The third-order valence-corrected chi connectivity index (χ3v) is 7.24. The van der Waals surface area contributed by atoms with Crippen LogP contribution >= 0.6 is 11.6 Å².